The molecule has 3 aromatic heterocycles. The summed E-state index contributed by atoms with van der Waals surface area (Å²) >= 11 is 0. The molecule has 0 aliphatic carbocycles. The predicted molar refractivity (Wildman–Crippen MR) is 163 cm³/mol. The van der Waals surface area contributed by atoms with Gasteiger partial charge < -0.3 is 18.3 Å². The van der Waals surface area contributed by atoms with Crippen molar-refractivity contribution >= 4 is 12.1 Å². The van der Waals surface area contributed by atoms with Crippen molar-refractivity contribution in [3.63, 3.8) is 0 Å². The number of hydrogen-bond acceptors (Lipinski definition) is 4. The van der Waals surface area contributed by atoms with Crippen LogP contribution in [0.4, 0.5) is 0 Å². The smallest absolute Gasteiger partial charge is 0.307 e. The number of nitrogens with one attached hydrogen (secondary N) is 1. The highest BCUT2D eigenvalue weighted by atomic mass is 16.5. The largest absolute Gasteiger partial charge is 0.486 e. The molecule has 1 amide bonds. The van der Waals surface area contributed by atoms with Crippen LogP contribution >= 0.6 is 0 Å². The lowest BCUT2D eigenvalue weighted by molar-refractivity contribution is 0.0923. The second kappa shape index (κ2) is 11.4. The lowest BCUT2D eigenvalue weighted by atomic mass is 10.0. The molecule has 210 valence electrons. The summed E-state index contributed by atoms with van der Waals surface area (Å²) in [6.07, 6.45) is 1.67. The number of aromatic nitrogens is 2. The van der Waals surface area contributed by atoms with Gasteiger partial charge in [-0.1, -0.05) is 17.7 Å². The number of furan rings is 1. The first-order valence-corrected chi connectivity index (χ1v) is 13.7. The molecular formula is C34H36N4O3. The maximum Gasteiger partial charge on any atom is 0.307 e. The third-order valence-electron chi connectivity index (χ3n) is 7.33. The summed E-state index contributed by atoms with van der Waals surface area (Å²) in [4.78, 5) is 12.7. The molecule has 0 atom stereocenters. The third kappa shape index (κ3) is 5.75. The first kappa shape index (κ1) is 27.8. The van der Waals surface area contributed by atoms with Gasteiger partial charge in [-0.2, -0.15) is 5.10 Å². The topological polar surface area (TPSA) is 73.7 Å². The number of carbonyl (C=O) groups excluding carboxylic acids is 1. The Bertz CT molecular complexity index is 1710. The van der Waals surface area contributed by atoms with E-state index in [1.807, 2.05) is 24.3 Å². The van der Waals surface area contributed by atoms with Crippen molar-refractivity contribution in [2.45, 2.75) is 55.1 Å². The van der Waals surface area contributed by atoms with Crippen LogP contribution in [0, 0.1) is 48.5 Å². The average Bonchev–Trinajstić information content (AvgIpc) is 3.61. The van der Waals surface area contributed by atoms with Gasteiger partial charge in [-0.25, -0.2) is 5.43 Å². The molecule has 0 saturated carbocycles. The fourth-order valence-electron chi connectivity index (χ4n) is 5.50. The Labute approximate surface area is 241 Å². The molecule has 0 radical (unpaired) electrons. The summed E-state index contributed by atoms with van der Waals surface area (Å²) < 4.78 is 16.0. The Kier molecular flexibility index (Phi) is 7.70. The van der Waals surface area contributed by atoms with Gasteiger partial charge in [0.05, 0.1) is 11.9 Å². The molecule has 5 aromatic rings. The molecule has 0 bridgehead atoms. The van der Waals surface area contributed by atoms with E-state index >= 15 is 0 Å². The van der Waals surface area contributed by atoms with Crippen molar-refractivity contribution in [1.29, 1.82) is 0 Å². The van der Waals surface area contributed by atoms with E-state index in [2.05, 4.69) is 98.5 Å². The average molecular weight is 549 g/mol. The van der Waals surface area contributed by atoms with Gasteiger partial charge in [0.2, 0.25) is 0 Å². The summed E-state index contributed by atoms with van der Waals surface area (Å²) in [6.45, 7) is 14.9. The SMILES string of the molecule is Cc1cc(C)c(-n2c(C)cc(/C=N/NC(=O)c3ccc(COc4ccc(-n5c(C)ccc5C)cc4)o3)c2C)c(C)c1. The highest BCUT2D eigenvalue weighted by Crippen LogP contribution is 2.27. The van der Waals surface area contributed by atoms with Gasteiger partial charge in [0.1, 0.15) is 18.1 Å². The molecule has 0 unspecified atom stereocenters. The summed E-state index contributed by atoms with van der Waals surface area (Å²) in [7, 11) is 0. The van der Waals surface area contributed by atoms with Crippen LogP contribution in [-0.2, 0) is 6.61 Å². The Balaban J connectivity index is 1.20. The monoisotopic (exact) mass is 548 g/mol. The maximum atomic E-state index is 12.7. The Hall–Kier alpha value is -4.78. The number of hydrogen-bond donors (Lipinski definition) is 1. The van der Waals surface area contributed by atoms with Gasteiger partial charge in [-0.3, -0.25) is 4.79 Å². The van der Waals surface area contributed by atoms with Crippen LogP contribution in [0.2, 0.25) is 0 Å². The van der Waals surface area contributed by atoms with Gasteiger partial charge in [0.25, 0.3) is 0 Å². The van der Waals surface area contributed by atoms with Gasteiger partial charge in [-0.05, 0) is 114 Å². The van der Waals surface area contributed by atoms with Crippen LogP contribution in [0.15, 0.2) is 76.2 Å². The van der Waals surface area contributed by atoms with Gasteiger partial charge in [0.15, 0.2) is 5.76 Å². The number of nitrogens with zero attached hydrogens (tertiary/aromatic N) is 3. The van der Waals surface area contributed by atoms with Crippen molar-refractivity contribution < 1.29 is 13.9 Å². The van der Waals surface area contributed by atoms with Crippen molar-refractivity contribution in [3.8, 4) is 17.1 Å². The van der Waals surface area contributed by atoms with Crippen molar-refractivity contribution in [2.75, 3.05) is 0 Å². The van der Waals surface area contributed by atoms with E-state index in [1.54, 1.807) is 18.3 Å². The molecule has 1 N–H and O–H groups in total. The first-order valence-electron chi connectivity index (χ1n) is 13.7. The quantitative estimate of drug-likeness (QED) is 0.163. The maximum absolute atomic E-state index is 12.7. The normalized spacial score (nSPS) is 11.4. The third-order valence-corrected chi connectivity index (χ3v) is 7.33. The standard InChI is InChI=1S/C34H36N4O3/c1-21-16-22(2)33(23(3)17-21)38-26(6)18-28(27(38)7)19-35-36-34(39)32-15-14-31(41-32)20-40-30-12-10-29(11-13-30)37-24(4)8-9-25(37)5/h8-19H,20H2,1-7H3,(H,36,39)/b35-19+. The van der Waals surface area contributed by atoms with E-state index in [0.29, 0.717) is 5.76 Å². The minimum Gasteiger partial charge on any atom is -0.486 e. The Morgan fingerprint density at radius 1 is 0.829 bits per heavy atom. The second-order valence-corrected chi connectivity index (χ2v) is 10.6. The molecule has 0 fully saturated rings. The zero-order chi connectivity index (χ0) is 29.3. The number of benzene rings is 2. The summed E-state index contributed by atoms with van der Waals surface area (Å²) in [6, 6.07) is 21.9. The molecule has 0 aliphatic heterocycles. The molecule has 0 aliphatic rings. The lowest BCUT2D eigenvalue weighted by Crippen LogP contribution is -2.16. The summed E-state index contributed by atoms with van der Waals surface area (Å²) in [5, 5.41) is 4.20. The van der Waals surface area contributed by atoms with Crippen LogP contribution in [-0.4, -0.2) is 21.3 Å². The number of ether oxygens (including phenoxy) is 1. The highest BCUT2D eigenvalue weighted by molar-refractivity contribution is 5.92. The van der Waals surface area contributed by atoms with Crippen molar-refractivity contribution in [2.24, 2.45) is 5.10 Å². The van der Waals surface area contributed by atoms with E-state index < -0.39 is 5.91 Å². The van der Waals surface area contributed by atoms with E-state index in [4.69, 9.17) is 9.15 Å². The second-order valence-electron chi connectivity index (χ2n) is 10.6. The molecule has 0 saturated heterocycles. The Morgan fingerprint density at radius 2 is 1.49 bits per heavy atom. The zero-order valence-electron chi connectivity index (χ0n) is 24.7. The van der Waals surface area contributed by atoms with E-state index in [0.717, 1.165) is 28.4 Å². The number of aryl methyl sites for hydroxylation is 6. The molecule has 0 spiro atoms. The molecule has 7 nitrogen and oxygen atoms in total. The molecule has 3 heterocycles. The van der Waals surface area contributed by atoms with E-state index in [9.17, 15) is 4.79 Å². The Morgan fingerprint density at radius 3 is 2.15 bits per heavy atom. The van der Waals surface area contributed by atoms with Crippen molar-refractivity contribution in [1.82, 2.24) is 14.6 Å². The number of hydrazone groups is 1. The zero-order valence-corrected chi connectivity index (χ0v) is 24.7. The fourth-order valence-corrected chi connectivity index (χ4v) is 5.50. The van der Waals surface area contributed by atoms with Crippen LogP contribution in [0.3, 0.4) is 0 Å². The van der Waals surface area contributed by atoms with Crippen LogP contribution in [0.5, 0.6) is 5.75 Å². The van der Waals surface area contributed by atoms with Gasteiger partial charge >= 0.3 is 5.91 Å². The summed E-state index contributed by atoms with van der Waals surface area (Å²) in [5.74, 6) is 1.02. The molecule has 2 aromatic carbocycles. The van der Waals surface area contributed by atoms with E-state index in [-0.39, 0.29) is 12.4 Å². The molecule has 7 heteroatoms. The van der Waals surface area contributed by atoms with Crippen molar-refractivity contribution in [3.05, 3.63) is 123 Å². The molecule has 41 heavy (non-hydrogen) atoms. The minimum absolute atomic E-state index is 0.172. The predicted octanol–water partition coefficient (Wildman–Crippen LogP) is 7.36. The number of rotatable bonds is 8. The number of carbonyl (C=O) groups is 1. The molecule has 5 rings (SSSR count). The van der Waals surface area contributed by atoms with E-state index in [1.165, 1.54) is 33.8 Å². The van der Waals surface area contributed by atoms with Crippen LogP contribution in [0.25, 0.3) is 11.4 Å². The highest BCUT2D eigenvalue weighted by Gasteiger charge is 2.15. The first-order chi connectivity index (χ1) is 19.6. The van der Waals surface area contributed by atoms with Gasteiger partial charge in [0, 0.05) is 34.0 Å². The fraction of sp³-hybridized carbons (Fsp3) is 0.235. The molecular weight excluding hydrogens is 512 g/mol. The van der Waals surface area contributed by atoms with Crippen LogP contribution in [0.1, 0.15) is 61.3 Å². The van der Waals surface area contributed by atoms with Crippen LogP contribution < -0.4 is 10.2 Å². The lowest BCUT2D eigenvalue weighted by Gasteiger charge is -2.16. The number of amides is 1. The minimum atomic E-state index is -0.423. The van der Waals surface area contributed by atoms with Gasteiger partial charge in [-0.15, -0.1) is 0 Å². The summed E-state index contributed by atoms with van der Waals surface area (Å²) in [5.41, 5.74) is 14.0.